The van der Waals surface area contributed by atoms with Crippen LogP contribution < -0.4 is 0 Å². The van der Waals surface area contributed by atoms with E-state index in [0.717, 1.165) is 0 Å². The molecule has 0 N–H and O–H groups in total. The Hall–Kier alpha value is -0.480. The van der Waals surface area contributed by atoms with Crippen LogP contribution in [0.1, 0.15) is 105 Å². The van der Waals surface area contributed by atoms with Crippen molar-refractivity contribution in [2.45, 2.75) is 110 Å². The predicted octanol–water partition coefficient (Wildman–Crippen LogP) is 7.49. The predicted molar refractivity (Wildman–Crippen MR) is 129 cm³/mol. The van der Waals surface area contributed by atoms with Gasteiger partial charge in [0.2, 0.25) is 0 Å². The van der Waals surface area contributed by atoms with E-state index < -0.39 is 12.7 Å². The summed E-state index contributed by atoms with van der Waals surface area (Å²) in [6.07, 6.45) is 14.7. The Morgan fingerprint density at radius 1 is 0.812 bits per heavy atom. The van der Waals surface area contributed by atoms with E-state index in [4.69, 9.17) is 18.1 Å². The van der Waals surface area contributed by atoms with Crippen molar-refractivity contribution < 1.29 is 22.9 Å². The summed E-state index contributed by atoms with van der Waals surface area (Å²) in [5, 5.41) is -0.753. The summed E-state index contributed by atoms with van der Waals surface area (Å²) in [7, 11) is -4.11. The van der Waals surface area contributed by atoms with E-state index in [0.29, 0.717) is 48.9 Å². The van der Waals surface area contributed by atoms with Gasteiger partial charge in [-0.25, -0.2) is 0 Å². The molecule has 4 rings (SSSR count). The van der Waals surface area contributed by atoms with E-state index in [1.807, 2.05) is 6.92 Å². The van der Waals surface area contributed by atoms with E-state index in [2.05, 4.69) is 13.8 Å². The summed E-state index contributed by atoms with van der Waals surface area (Å²) in [6, 6.07) is 0. The van der Waals surface area contributed by atoms with Crippen molar-refractivity contribution in [3.8, 4) is 0 Å². The topological polar surface area (TPSA) is 54.0 Å². The maximum atomic E-state index is 12.8. The second-order valence-electron chi connectivity index (χ2n) is 11.3. The SMILES string of the molecule is CC(=O)C1=C(C)OP(OCC2CCCC2)(OCC2CCCC2)(OCC2CCCC2)C1(C)C. The van der Waals surface area contributed by atoms with Crippen LogP contribution in [0.3, 0.4) is 0 Å². The van der Waals surface area contributed by atoms with Gasteiger partial charge in [-0.3, -0.25) is 0 Å². The van der Waals surface area contributed by atoms with Crippen LogP contribution in [-0.4, -0.2) is 30.8 Å². The Balaban J connectivity index is 1.68. The molecule has 0 aromatic carbocycles. The molecule has 0 bridgehead atoms. The fourth-order valence-corrected chi connectivity index (χ4v) is 10.8. The first-order chi connectivity index (χ1) is 15.3. The second-order valence-corrected chi connectivity index (χ2v) is 15.0. The van der Waals surface area contributed by atoms with E-state index in [-0.39, 0.29) is 5.78 Å². The van der Waals surface area contributed by atoms with Gasteiger partial charge in [0.05, 0.1) is 0 Å². The van der Waals surface area contributed by atoms with Crippen LogP contribution in [0.5, 0.6) is 0 Å². The van der Waals surface area contributed by atoms with Crippen LogP contribution in [0.25, 0.3) is 0 Å². The number of hydrogen-bond donors (Lipinski definition) is 0. The number of allylic oxidation sites excluding steroid dienone is 2. The standard InChI is InChI=1S/C26H45O5P/c1-20(27)25-21(2)31-32(26(25,3)4,28-17-22-11-5-6-12-22,29-18-23-13-7-8-14-23)30-19-24-15-9-10-16-24/h22-24H,5-19H2,1-4H3. The van der Waals surface area contributed by atoms with Gasteiger partial charge in [0, 0.05) is 0 Å². The number of carbonyl (C=O) groups is 1. The summed E-state index contributed by atoms with van der Waals surface area (Å²) < 4.78 is 27.5. The molecule has 3 saturated carbocycles. The van der Waals surface area contributed by atoms with Gasteiger partial charge >= 0.3 is 195 Å². The van der Waals surface area contributed by atoms with Gasteiger partial charge < -0.3 is 0 Å². The quantitative estimate of drug-likeness (QED) is 0.311. The third-order valence-corrected chi connectivity index (χ3v) is 13.0. The second kappa shape index (κ2) is 9.64. The molecule has 0 spiro atoms. The Morgan fingerprint density at radius 2 is 1.16 bits per heavy atom. The fourth-order valence-electron chi connectivity index (χ4n) is 6.60. The maximum absolute atomic E-state index is 12.8. The van der Waals surface area contributed by atoms with E-state index >= 15 is 0 Å². The van der Waals surface area contributed by atoms with Crippen molar-refractivity contribution in [1.82, 2.24) is 0 Å². The molecule has 3 aliphatic carbocycles. The van der Waals surface area contributed by atoms with Gasteiger partial charge in [-0.1, -0.05) is 0 Å². The first-order valence-electron chi connectivity index (χ1n) is 13.2. The van der Waals surface area contributed by atoms with Gasteiger partial charge in [-0.05, 0) is 0 Å². The molecule has 32 heavy (non-hydrogen) atoms. The van der Waals surface area contributed by atoms with Crippen LogP contribution >= 0.6 is 7.51 Å². The van der Waals surface area contributed by atoms with Crippen molar-refractivity contribution in [2.75, 3.05) is 19.8 Å². The minimum atomic E-state index is -4.11. The summed E-state index contributed by atoms with van der Waals surface area (Å²) in [4.78, 5) is 12.8. The minimum absolute atomic E-state index is 0.0254. The Morgan fingerprint density at radius 3 is 1.44 bits per heavy atom. The zero-order valence-corrected chi connectivity index (χ0v) is 21.7. The Bertz CT molecular complexity index is 659. The van der Waals surface area contributed by atoms with Crippen molar-refractivity contribution in [3.63, 3.8) is 0 Å². The van der Waals surface area contributed by atoms with Crippen molar-refractivity contribution in [1.29, 1.82) is 0 Å². The molecule has 4 aliphatic rings. The number of rotatable bonds is 10. The third kappa shape index (κ3) is 4.44. The summed E-state index contributed by atoms with van der Waals surface area (Å²) >= 11 is 0. The van der Waals surface area contributed by atoms with Gasteiger partial charge in [-0.2, -0.15) is 0 Å². The Labute approximate surface area is 195 Å². The zero-order valence-electron chi connectivity index (χ0n) is 20.8. The molecular formula is C26H45O5P. The van der Waals surface area contributed by atoms with Crippen molar-refractivity contribution >= 4 is 13.3 Å². The number of Topliss-reactive ketones (excluding diaryl/α,β-unsaturated/α-hetero) is 1. The normalized spacial score (nSPS) is 29.3. The van der Waals surface area contributed by atoms with Gasteiger partial charge in [-0.15, -0.1) is 0 Å². The zero-order chi connectivity index (χ0) is 22.8. The van der Waals surface area contributed by atoms with Gasteiger partial charge in [0.1, 0.15) is 0 Å². The van der Waals surface area contributed by atoms with Crippen LogP contribution in [0.15, 0.2) is 11.3 Å². The van der Waals surface area contributed by atoms with E-state index in [9.17, 15) is 4.79 Å². The molecule has 5 nitrogen and oxygen atoms in total. The summed E-state index contributed by atoms with van der Waals surface area (Å²) in [5.74, 6) is 2.20. The monoisotopic (exact) mass is 468 g/mol. The molecule has 184 valence electrons. The molecule has 0 amide bonds. The molecule has 3 fully saturated rings. The molecule has 0 unspecified atom stereocenters. The van der Waals surface area contributed by atoms with Crippen LogP contribution in [0.2, 0.25) is 0 Å². The molecule has 0 atom stereocenters. The summed E-state index contributed by atoms with van der Waals surface area (Å²) in [5.41, 5.74) is 0.680. The Kier molecular flexibility index (Phi) is 7.42. The molecule has 1 heterocycles. The van der Waals surface area contributed by atoms with Gasteiger partial charge in [0.25, 0.3) is 0 Å². The number of ketones is 1. The first kappa shape index (κ1) is 24.6. The molecule has 0 radical (unpaired) electrons. The molecule has 1 aliphatic heterocycles. The molecular weight excluding hydrogens is 423 g/mol. The average Bonchev–Trinajstić information content (AvgIpc) is 3.52. The van der Waals surface area contributed by atoms with E-state index in [1.54, 1.807) is 6.92 Å². The van der Waals surface area contributed by atoms with Crippen molar-refractivity contribution in [2.24, 2.45) is 17.8 Å². The number of carbonyl (C=O) groups excluding carboxylic acids is 1. The molecule has 0 saturated heterocycles. The van der Waals surface area contributed by atoms with Crippen LogP contribution in [-0.2, 0) is 22.9 Å². The van der Waals surface area contributed by atoms with E-state index in [1.165, 1.54) is 77.0 Å². The summed E-state index contributed by atoms with van der Waals surface area (Å²) in [6.45, 7) is 9.43. The molecule has 0 aromatic heterocycles. The molecule has 6 heteroatoms. The van der Waals surface area contributed by atoms with Gasteiger partial charge in [0.15, 0.2) is 0 Å². The van der Waals surface area contributed by atoms with Crippen LogP contribution in [0.4, 0.5) is 0 Å². The first-order valence-corrected chi connectivity index (χ1v) is 15.1. The molecule has 0 aromatic rings. The fraction of sp³-hybridized carbons (Fsp3) is 0.885. The van der Waals surface area contributed by atoms with Crippen LogP contribution in [0, 0.1) is 17.8 Å². The third-order valence-electron chi connectivity index (χ3n) is 8.55. The number of hydrogen-bond acceptors (Lipinski definition) is 5. The van der Waals surface area contributed by atoms with Crippen molar-refractivity contribution in [3.05, 3.63) is 11.3 Å². The average molecular weight is 469 g/mol.